The molecule has 0 aliphatic carbocycles. The average molecular weight is 286 g/mol. The first-order chi connectivity index (χ1) is 9.54. The fourth-order valence-electron chi connectivity index (χ4n) is 2.68. The Bertz CT molecular complexity index is 583. The van der Waals surface area contributed by atoms with Gasteiger partial charge in [-0.1, -0.05) is 50.6 Å². The minimum absolute atomic E-state index is 0.0334. The number of aryl methyl sites for hydroxylation is 2. The predicted octanol–water partition coefficient (Wildman–Crippen LogP) is 5.38. The third-order valence-corrected chi connectivity index (χ3v) is 4.93. The largest absolute Gasteiger partial charge is 0.293 e. The van der Waals surface area contributed by atoms with E-state index >= 15 is 0 Å². The Morgan fingerprint density at radius 3 is 2.35 bits per heavy atom. The number of rotatable bonds is 5. The van der Waals surface area contributed by atoms with Crippen LogP contribution in [0.15, 0.2) is 36.4 Å². The second-order valence-electron chi connectivity index (χ2n) is 5.47. The van der Waals surface area contributed by atoms with E-state index in [2.05, 4.69) is 32.9 Å². The van der Waals surface area contributed by atoms with Crippen molar-refractivity contribution >= 4 is 17.1 Å². The second kappa shape index (κ2) is 6.36. The van der Waals surface area contributed by atoms with Crippen LogP contribution in [0.5, 0.6) is 0 Å². The summed E-state index contributed by atoms with van der Waals surface area (Å²) in [5.74, 6) is 0.589. The van der Waals surface area contributed by atoms with E-state index in [1.165, 1.54) is 4.88 Å². The molecule has 0 N–H and O–H groups in total. The number of ketones is 1. The summed E-state index contributed by atoms with van der Waals surface area (Å²) in [4.78, 5) is 15.3. The van der Waals surface area contributed by atoms with Crippen molar-refractivity contribution in [3.05, 3.63) is 57.3 Å². The zero-order valence-corrected chi connectivity index (χ0v) is 13.5. The summed E-state index contributed by atoms with van der Waals surface area (Å²) in [6, 6.07) is 12.2. The van der Waals surface area contributed by atoms with Crippen molar-refractivity contribution in [3.63, 3.8) is 0 Å². The van der Waals surface area contributed by atoms with E-state index in [4.69, 9.17) is 0 Å². The molecule has 20 heavy (non-hydrogen) atoms. The third-order valence-electron chi connectivity index (χ3n) is 3.96. The average Bonchev–Trinajstić information content (AvgIpc) is 2.79. The highest BCUT2D eigenvalue weighted by Crippen LogP contribution is 2.33. The molecule has 1 aromatic heterocycles. The Hall–Kier alpha value is -1.41. The van der Waals surface area contributed by atoms with E-state index < -0.39 is 0 Å². The van der Waals surface area contributed by atoms with Crippen molar-refractivity contribution in [1.82, 2.24) is 0 Å². The fourth-order valence-corrected chi connectivity index (χ4v) is 3.61. The smallest absolute Gasteiger partial charge is 0.171 e. The molecule has 2 atom stereocenters. The van der Waals surface area contributed by atoms with Crippen LogP contribution in [-0.2, 0) is 0 Å². The van der Waals surface area contributed by atoms with E-state index in [1.807, 2.05) is 31.2 Å². The molecule has 0 saturated heterocycles. The highest BCUT2D eigenvalue weighted by atomic mass is 32.1. The zero-order valence-electron chi connectivity index (χ0n) is 12.6. The van der Waals surface area contributed by atoms with Crippen molar-refractivity contribution < 1.29 is 4.79 Å². The van der Waals surface area contributed by atoms with E-state index in [9.17, 15) is 4.79 Å². The maximum absolute atomic E-state index is 13.0. The molecule has 1 aromatic carbocycles. The lowest BCUT2D eigenvalue weighted by atomic mass is 9.80. The van der Waals surface area contributed by atoms with Crippen LogP contribution in [0.1, 0.15) is 51.9 Å². The van der Waals surface area contributed by atoms with E-state index in [-0.39, 0.29) is 11.7 Å². The molecular weight excluding hydrogens is 264 g/mol. The number of carbonyl (C=O) groups is 1. The molecule has 0 amide bonds. The molecule has 0 aliphatic heterocycles. The maximum Gasteiger partial charge on any atom is 0.171 e. The van der Waals surface area contributed by atoms with Crippen LogP contribution in [-0.4, -0.2) is 5.78 Å². The summed E-state index contributed by atoms with van der Waals surface area (Å²) < 4.78 is 0. The third kappa shape index (κ3) is 3.01. The summed E-state index contributed by atoms with van der Waals surface area (Å²) in [7, 11) is 0. The maximum atomic E-state index is 13.0. The lowest BCUT2D eigenvalue weighted by molar-refractivity contribution is 0.0932. The molecule has 0 saturated carbocycles. The van der Waals surface area contributed by atoms with Gasteiger partial charge < -0.3 is 0 Å². The fraction of sp³-hybridized carbons (Fsp3) is 0.389. The minimum atomic E-state index is -0.0334. The van der Waals surface area contributed by atoms with Crippen molar-refractivity contribution in [2.75, 3.05) is 0 Å². The molecule has 2 heteroatoms. The first-order valence-corrected chi connectivity index (χ1v) is 8.02. The monoisotopic (exact) mass is 286 g/mol. The number of benzene rings is 1. The molecule has 0 radical (unpaired) electrons. The van der Waals surface area contributed by atoms with Crippen LogP contribution in [0.3, 0.4) is 0 Å². The highest BCUT2D eigenvalue weighted by Gasteiger charge is 2.28. The lowest BCUT2D eigenvalue weighted by Gasteiger charge is -2.22. The van der Waals surface area contributed by atoms with Gasteiger partial charge in [-0.2, -0.15) is 0 Å². The van der Waals surface area contributed by atoms with Crippen molar-refractivity contribution in [1.29, 1.82) is 0 Å². The Labute approximate surface area is 125 Å². The van der Waals surface area contributed by atoms with Gasteiger partial charge in [0, 0.05) is 21.2 Å². The Morgan fingerprint density at radius 1 is 1.20 bits per heavy atom. The first kappa shape index (κ1) is 15.0. The molecule has 1 heterocycles. The first-order valence-electron chi connectivity index (χ1n) is 7.20. The quantitative estimate of drug-likeness (QED) is 0.675. The summed E-state index contributed by atoms with van der Waals surface area (Å²) in [6.07, 6.45) is 1.01. The van der Waals surface area contributed by atoms with Gasteiger partial charge in [-0.05, 0) is 31.4 Å². The van der Waals surface area contributed by atoms with Gasteiger partial charge in [0.2, 0.25) is 0 Å². The predicted molar refractivity (Wildman–Crippen MR) is 86.8 cm³/mol. The number of hydrogen-bond acceptors (Lipinski definition) is 2. The standard InChI is InChI=1S/C18H22OS/c1-5-12(2)17(15-9-7-6-8-10-15)18(19)16-11-13(3)20-14(16)4/h6-12,17H,5H2,1-4H3. The van der Waals surface area contributed by atoms with Gasteiger partial charge in [0.25, 0.3) is 0 Å². The van der Waals surface area contributed by atoms with Gasteiger partial charge in [0.05, 0.1) is 0 Å². The molecule has 2 unspecified atom stereocenters. The minimum Gasteiger partial charge on any atom is -0.293 e. The van der Waals surface area contributed by atoms with Gasteiger partial charge in [-0.3, -0.25) is 4.79 Å². The van der Waals surface area contributed by atoms with Gasteiger partial charge in [-0.15, -0.1) is 11.3 Å². The van der Waals surface area contributed by atoms with Crippen LogP contribution >= 0.6 is 11.3 Å². The van der Waals surface area contributed by atoms with E-state index in [0.29, 0.717) is 5.92 Å². The molecule has 106 valence electrons. The Kier molecular flexibility index (Phi) is 4.77. The SMILES string of the molecule is CCC(C)C(C(=O)c1cc(C)sc1C)c1ccccc1. The van der Waals surface area contributed by atoms with Gasteiger partial charge >= 0.3 is 0 Å². The van der Waals surface area contributed by atoms with Crippen LogP contribution in [0.25, 0.3) is 0 Å². The normalized spacial score (nSPS) is 14.0. The number of carbonyl (C=O) groups excluding carboxylic acids is 1. The molecular formula is C18H22OS. The van der Waals surface area contributed by atoms with Crippen LogP contribution < -0.4 is 0 Å². The topological polar surface area (TPSA) is 17.1 Å². The summed E-state index contributed by atoms with van der Waals surface area (Å²) in [5, 5.41) is 0. The van der Waals surface area contributed by atoms with Gasteiger partial charge in [0.1, 0.15) is 0 Å². The molecule has 2 aromatic rings. The van der Waals surface area contributed by atoms with Crippen molar-refractivity contribution in [2.24, 2.45) is 5.92 Å². The number of hydrogen-bond donors (Lipinski definition) is 0. The molecule has 2 rings (SSSR count). The van der Waals surface area contributed by atoms with E-state index in [1.54, 1.807) is 11.3 Å². The molecule has 0 aliphatic rings. The second-order valence-corrected chi connectivity index (χ2v) is 6.93. The van der Waals surface area contributed by atoms with Crippen molar-refractivity contribution in [3.8, 4) is 0 Å². The van der Waals surface area contributed by atoms with Crippen LogP contribution in [0, 0.1) is 19.8 Å². The lowest BCUT2D eigenvalue weighted by Crippen LogP contribution is -2.20. The summed E-state index contributed by atoms with van der Waals surface area (Å²) >= 11 is 1.71. The van der Waals surface area contributed by atoms with Crippen molar-refractivity contribution in [2.45, 2.75) is 40.0 Å². The van der Waals surface area contributed by atoms with Gasteiger partial charge in [-0.25, -0.2) is 0 Å². The van der Waals surface area contributed by atoms with Crippen LogP contribution in [0.2, 0.25) is 0 Å². The molecule has 0 bridgehead atoms. The summed E-state index contributed by atoms with van der Waals surface area (Å²) in [6.45, 7) is 8.43. The highest BCUT2D eigenvalue weighted by molar-refractivity contribution is 7.12. The molecule has 1 nitrogen and oxygen atoms in total. The Morgan fingerprint density at radius 2 is 1.85 bits per heavy atom. The molecule has 0 spiro atoms. The van der Waals surface area contributed by atoms with Crippen LogP contribution in [0.4, 0.5) is 0 Å². The van der Waals surface area contributed by atoms with E-state index in [0.717, 1.165) is 22.4 Å². The molecule has 0 fully saturated rings. The summed E-state index contributed by atoms with van der Waals surface area (Å²) in [5.41, 5.74) is 2.04. The Balaban J connectivity index is 2.42. The number of Topliss-reactive ketones (excluding diaryl/α,β-unsaturated/α-hetero) is 1. The van der Waals surface area contributed by atoms with Gasteiger partial charge in [0.15, 0.2) is 5.78 Å². The number of thiophene rings is 1. The zero-order chi connectivity index (χ0) is 14.7.